The number of hydrogen-bond donors (Lipinski definition) is 0. The Kier molecular flexibility index (Phi) is 4.25. The largest absolute Gasteiger partial charge is 0.313 e. The molecule has 0 aliphatic rings. The molecule has 0 fully saturated rings. The first-order chi connectivity index (χ1) is 9.58. The lowest BCUT2D eigenvalue weighted by atomic mass is 10.1. The summed E-state index contributed by atoms with van der Waals surface area (Å²) in [6.45, 7) is 3.70. The maximum atomic E-state index is 13.9. The Morgan fingerprint density at radius 2 is 1.35 bits per heavy atom. The predicted molar refractivity (Wildman–Crippen MR) is 84.5 cm³/mol. The van der Waals surface area contributed by atoms with Gasteiger partial charge in [0.15, 0.2) is 7.14 Å². The van der Waals surface area contributed by atoms with Crippen molar-refractivity contribution >= 4 is 24.0 Å². The third-order valence-electron chi connectivity index (χ3n) is 3.93. The summed E-state index contributed by atoms with van der Waals surface area (Å²) in [6.07, 6.45) is 1.39. The number of hydrogen-bond acceptors (Lipinski definition) is 2. The molecule has 104 valence electrons. The third-order valence-corrected chi connectivity index (χ3v) is 7.84. The zero-order valence-corrected chi connectivity index (χ0v) is 12.7. The maximum absolute atomic E-state index is 13.9. The van der Waals surface area contributed by atoms with Crippen molar-refractivity contribution in [2.45, 2.75) is 25.4 Å². The Bertz CT molecular complexity index is 578. The van der Waals surface area contributed by atoms with Crippen LogP contribution in [-0.4, -0.2) is 11.4 Å². The molecule has 0 saturated carbocycles. The van der Waals surface area contributed by atoms with Crippen molar-refractivity contribution in [1.82, 2.24) is 0 Å². The van der Waals surface area contributed by atoms with Gasteiger partial charge in [0.1, 0.15) is 6.29 Å². The fourth-order valence-corrected chi connectivity index (χ4v) is 5.65. The van der Waals surface area contributed by atoms with Gasteiger partial charge in [0.2, 0.25) is 0 Å². The Morgan fingerprint density at radius 1 is 0.950 bits per heavy atom. The second-order valence-corrected chi connectivity index (χ2v) is 8.38. The van der Waals surface area contributed by atoms with Crippen molar-refractivity contribution < 1.29 is 9.36 Å². The molecule has 0 unspecified atom stereocenters. The molecule has 3 heteroatoms. The Balaban J connectivity index is 2.74. The van der Waals surface area contributed by atoms with Gasteiger partial charge in [-0.15, -0.1) is 0 Å². The standard InChI is InChI=1S/C17H19O2P/c1-3-17(2,14-18)20(19,15-10-6-4-7-11-15)16-12-8-5-9-13-16/h4-14H,3H2,1-2H3/t17-/m0/s1. The molecule has 0 bridgehead atoms. The van der Waals surface area contributed by atoms with Crippen molar-refractivity contribution in [3.8, 4) is 0 Å². The molecular weight excluding hydrogens is 267 g/mol. The number of carbonyl (C=O) groups excluding carboxylic acids is 1. The van der Waals surface area contributed by atoms with Gasteiger partial charge in [0.25, 0.3) is 0 Å². The highest BCUT2D eigenvalue weighted by Gasteiger charge is 2.45. The normalized spacial score (nSPS) is 14.5. The first-order valence-electron chi connectivity index (χ1n) is 6.76. The molecule has 0 saturated heterocycles. The van der Waals surface area contributed by atoms with Crippen LogP contribution in [0.25, 0.3) is 0 Å². The van der Waals surface area contributed by atoms with E-state index in [-0.39, 0.29) is 0 Å². The lowest BCUT2D eigenvalue weighted by molar-refractivity contribution is -0.109. The molecular formula is C17H19O2P. The van der Waals surface area contributed by atoms with Crippen LogP contribution >= 0.6 is 7.14 Å². The molecule has 2 aromatic carbocycles. The molecule has 0 aromatic heterocycles. The fourth-order valence-electron chi connectivity index (χ4n) is 2.39. The van der Waals surface area contributed by atoms with Crippen LogP contribution in [0.2, 0.25) is 0 Å². The van der Waals surface area contributed by atoms with Crippen LogP contribution in [0.3, 0.4) is 0 Å². The van der Waals surface area contributed by atoms with Crippen LogP contribution in [0, 0.1) is 0 Å². The summed E-state index contributed by atoms with van der Waals surface area (Å²) in [4.78, 5) is 11.7. The first kappa shape index (κ1) is 14.7. The average molecular weight is 286 g/mol. The molecule has 0 N–H and O–H groups in total. The van der Waals surface area contributed by atoms with E-state index in [4.69, 9.17) is 0 Å². The molecule has 0 aliphatic heterocycles. The van der Waals surface area contributed by atoms with Crippen LogP contribution < -0.4 is 10.6 Å². The fraction of sp³-hybridized carbons (Fsp3) is 0.235. The molecule has 2 rings (SSSR count). The number of aldehydes is 1. The molecule has 1 atom stereocenters. The zero-order valence-electron chi connectivity index (χ0n) is 11.8. The monoisotopic (exact) mass is 286 g/mol. The number of benzene rings is 2. The minimum absolute atomic E-state index is 0.539. The van der Waals surface area contributed by atoms with Crippen LogP contribution in [0.5, 0.6) is 0 Å². The van der Waals surface area contributed by atoms with Crippen molar-refractivity contribution in [2.75, 3.05) is 0 Å². The molecule has 0 aliphatic carbocycles. The van der Waals surface area contributed by atoms with Crippen molar-refractivity contribution in [3.05, 3.63) is 60.7 Å². The van der Waals surface area contributed by atoms with Crippen molar-refractivity contribution in [3.63, 3.8) is 0 Å². The summed E-state index contributed by atoms with van der Waals surface area (Å²) in [5.74, 6) is 0. The van der Waals surface area contributed by atoms with Gasteiger partial charge in [-0.1, -0.05) is 67.6 Å². The summed E-state index contributed by atoms with van der Waals surface area (Å²) in [7, 11) is -3.01. The number of carbonyl (C=O) groups is 1. The maximum Gasteiger partial charge on any atom is 0.155 e. The second-order valence-electron chi connectivity index (χ2n) is 5.11. The van der Waals surface area contributed by atoms with E-state index in [0.717, 1.165) is 16.9 Å². The molecule has 0 radical (unpaired) electrons. The summed E-state index contributed by atoms with van der Waals surface area (Å²) in [6, 6.07) is 18.7. The molecule has 0 amide bonds. The van der Waals surface area contributed by atoms with E-state index < -0.39 is 12.3 Å². The van der Waals surface area contributed by atoms with Crippen LogP contribution in [0.15, 0.2) is 60.7 Å². The summed E-state index contributed by atoms with van der Waals surface area (Å²) < 4.78 is 13.9. The highest BCUT2D eigenvalue weighted by Crippen LogP contribution is 2.56. The van der Waals surface area contributed by atoms with Gasteiger partial charge in [-0.3, -0.25) is 0 Å². The van der Waals surface area contributed by atoms with E-state index in [0.29, 0.717) is 6.42 Å². The molecule has 2 nitrogen and oxygen atoms in total. The van der Waals surface area contributed by atoms with E-state index in [9.17, 15) is 9.36 Å². The van der Waals surface area contributed by atoms with E-state index in [1.165, 1.54) is 0 Å². The van der Waals surface area contributed by atoms with Gasteiger partial charge in [0.05, 0.1) is 5.16 Å². The molecule has 20 heavy (non-hydrogen) atoms. The SMILES string of the molecule is CC[C@@](C)(C=O)P(=O)(c1ccccc1)c1ccccc1. The van der Waals surface area contributed by atoms with Gasteiger partial charge in [0, 0.05) is 10.6 Å². The summed E-state index contributed by atoms with van der Waals surface area (Å²) in [5.41, 5.74) is 0. The van der Waals surface area contributed by atoms with Gasteiger partial charge >= 0.3 is 0 Å². The average Bonchev–Trinajstić information content (AvgIpc) is 2.54. The van der Waals surface area contributed by atoms with Crippen LogP contribution in [-0.2, 0) is 9.36 Å². The summed E-state index contributed by atoms with van der Waals surface area (Å²) in [5, 5.41) is 0.598. The highest BCUT2D eigenvalue weighted by atomic mass is 31.2. The molecule has 0 spiro atoms. The van der Waals surface area contributed by atoms with E-state index in [2.05, 4.69) is 0 Å². The minimum atomic E-state index is -3.01. The zero-order chi connectivity index (χ0) is 14.6. The van der Waals surface area contributed by atoms with Crippen LogP contribution in [0.4, 0.5) is 0 Å². The molecule has 2 aromatic rings. The minimum Gasteiger partial charge on any atom is -0.313 e. The van der Waals surface area contributed by atoms with E-state index >= 15 is 0 Å². The van der Waals surface area contributed by atoms with Gasteiger partial charge < -0.3 is 9.36 Å². The van der Waals surface area contributed by atoms with Crippen LogP contribution in [0.1, 0.15) is 20.3 Å². The van der Waals surface area contributed by atoms with Gasteiger partial charge in [-0.25, -0.2) is 0 Å². The Labute approximate surface area is 120 Å². The van der Waals surface area contributed by atoms with E-state index in [1.807, 2.05) is 67.6 Å². The topological polar surface area (TPSA) is 34.1 Å². The molecule has 0 heterocycles. The predicted octanol–water partition coefficient (Wildman–Crippen LogP) is 3.37. The number of rotatable bonds is 5. The van der Waals surface area contributed by atoms with Gasteiger partial charge in [-0.05, 0) is 13.3 Å². The third kappa shape index (κ3) is 2.25. The Hall–Kier alpha value is -1.66. The highest BCUT2D eigenvalue weighted by molar-refractivity contribution is 7.80. The quantitative estimate of drug-likeness (QED) is 0.624. The Morgan fingerprint density at radius 3 is 1.65 bits per heavy atom. The lowest BCUT2D eigenvalue weighted by Crippen LogP contribution is -2.36. The smallest absolute Gasteiger partial charge is 0.155 e. The van der Waals surface area contributed by atoms with E-state index in [1.54, 1.807) is 6.92 Å². The first-order valence-corrected chi connectivity index (χ1v) is 8.47. The van der Waals surface area contributed by atoms with Crippen molar-refractivity contribution in [1.29, 1.82) is 0 Å². The van der Waals surface area contributed by atoms with Crippen molar-refractivity contribution in [2.24, 2.45) is 0 Å². The lowest BCUT2D eigenvalue weighted by Gasteiger charge is -2.33. The second kappa shape index (κ2) is 5.76. The summed E-state index contributed by atoms with van der Waals surface area (Å²) >= 11 is 0. The van der Waals surface area contributed by atoms with Gasteiger partial charge in [-0.2, -0.15) is 0 Å².